The summed E-state index contributed by atoms with van der Waals surface area (Å²) in [6.45, 7) is 0.454. The Morgan fingerprint density at radius 1 is 1.08 bits per heavy atom. The maximum atomic E-state index is 14.2. The number of hydrogen-bond acceptors (Lipinski definition) is 4. The summed E-state index contributed by atoms with van der Waals surface area (Å²) in [6.07, 6.45) is 3.63. The number of carbonyl (C=O) groups is 3. The Labute approximate surface area is 208 Å². The van der Waals surface area contributed by atoms with E-state index in [1.165, 1.54) is 12.1 Å². The van der Waals surface area contributed by atoms with Crippen LogP contribution in [0.15, 0.2) is 48.5 Å². The number of nitrogens with zero attached hydrogens (tertiary/aromatic N) is 2. The van der Waals surface area contributed by atoms with E-state index in [2.05, 4.69) is 4.98 Å². The van der Waals surface area contributed by atoms with E-state index in [0.29, 0.717) is 24.9 Å². The van der Waals surface area contributed by atoms with Crippen LogP contribution in [-0.2, 0) is 20.8 Å². The molecule has 2 aromatic carbocycles. The number of hydroxylamine groups is 1. The van der Waals surface area contributed by atoms with Gasteiger partial charge in [-0.3, -0.25) is 19.6 Å². The van der Waals surface area contributed by atoms with E-state index >= 15 is 0 Å². The lowest BCUT2D eigenvalue weighted by Gasteiger charge is -2.47. The van der Waals surface area contributed by atoms with E-state index in [1.807, 2.05) is 24.3 Å². The minimum atomic E-state index is -0.653. The maximum Gasteiger partial charge on any atom is 0.246 e. The quantitative estimate of drug-likeness (QED) is 0.254. The zero-order valence-corrected chi connectivity index (χ0v) is 19.9. The van der Waals surface area contributed by atoms with Gasteiger partial charge in [0, 0.05) is 36.0 Å². The number of halogens is 1. The highest BCUT2D eigenvalue weighted by atomic mass is 19.1. The van der Waals surface area contributed by atoms with Gasteiger partial charge in [-0.25, -0.2) is 9.87 Å². The second-order valence-corrected chi connectivity index (χ2v) is 9.50. The fraction of sp³-hybridized carbons (Fsp3) is 0.370. The summed E-state index contributed by atoms with van der Waals surface area (Å²) in [5.74, 6) is -1.04. The Hall–Kier alpha value is -3.72. The van der Waals surface area contributed by atoms with Crippen LogP contribution >= 0.6 is 0 Å². The topological polar surface area (TPSA) is 106 Å². The highest BCUT2D eigenvalue weighted by molar-refractivity contribution is 5.97. The molecule has 0 unspecified atom stereocenters. The van der Waals surface area contributed by atoms with Gasteiger partial charge in [-0.2, -0.15) is 0 Å². The van der Waals surface area contributed by atoms with E-state index in [4.69, 9.17) is 5.21 Å². The summed E-state index contributed by atoms with van der Waals surface area (Å²) in [5.41, 5.74) is 5.01. The molecule has 3 N–H and O–H groups in total. The van der Waals surface area contributed by atoms with Crippen molar-refractivity contribution >= 4 is 28.6 Å². The number of amides is 3. The van der Waals surface area contributed by atoms with Crippen molar-refractivity contribution in [2.24, 2.45) is 0 Å². The zero-order valence-electron chi connectivity index (χ0n) is 19.9. The molecule has 0 saturated carbocycles. The molecular formula is C27H29FN4O4. The van der Waals surface area contributed by atoms with Crippen LogP contribution in [0.1, 0.15) is 55.0 Å². The first-order valence-corrected chi connectivity index (χ1v) is 12.4. The van der Waals surface area contributed by atoms with E-state index in [-0.39, 0.29) is 30.6 Å². The minimum Gasteiger partial charge on any atom is -0.356 e. The molecule has 0 spiro atoms. The molecule has 3 amide bonds. The lowest BCUT2D eigenvalue weighted by Crippen LogP contribution is -2.63. The van der Waals surface area contributed by atoms with Crippen LogP contribution in [-0.4, -0.2) is 56.8 Å². The lowest BCUT2D eigenvalue weighted by molar-refractivity contribution is -0.158. The number of fused-ring (bicyclic) bond motifs is 4. The van der Waals surface area contributed by atoms with E-state index < -0.39 is 18.0 Å². The molecule has 188 valence electrons. The first-order chi connectivity index (χ1) is 17.5. The Morgan fingerprint density at radius 3 is 2.69 bits per heavy atom. The van der Waals surface area contributed by atoms with Crippen LogP contribution in [0.4, 0.5) is 4.39 Å². The van der Waals surface area contributed by atoms with Crippen molar-refractivity contribution in [3.63, 3.8) is 0 Å². The molecule has 1 saturated heterocycles. The second-order valence-electron chi connectivity index (χ2n) is 9.50. The molecule has 0 radical (unpaired) electrons. The molecule has 8 nitrogen and oxygen atoms in total. The molecule has 3 aromatic rings. The summed E-state index contributed by atoms with van der Waals surface area (Å²) in [5, 5.41) is 9.58. The smallest absolute Gasteiger partial charge is 0.246 e. The zero-order chi connectivity index (χ0) is 25.2. The molecule has 0 aliphatic carbocycles. The normalized spacial score (nSPS) is 19.4. The van der Waals surface area contributed by atoms with Gasteiger partial charge in [0.2, 0.25) is 17.7 Å². The Kier molecular flexibility index (Phi) is 6.73. The number of hydrogen-bond donors (Lipinski definition) is 3. The molecule has 2 aliphatic rings. The molecule has 1 aromatic heterocycles. The van der Waals surface area contributed by atoms with E-state index in [1.54, 1.807) is 27.4 Å². The highest BCUT2D eigenvalue weighted by Crippen LogP contribution is 2.42. The van der Waals surface area contributed by atoms with Gasteiger partial charge in [-0.1, -0.05) is 43.2 Å². The van der Waals surface area contributed by atoms with Crippen LogP contribution < -0.4 is 5.48 Å². The van der Waals surface area contributed by atoms with Gasteiger partial charge in [-0.05, 0) is 42.2 Å². The average Bonchev–Trinajstić information content (AvgIpc) is 3.25. The van der Waals surface area contributed by atoms with Crippen LogP contribution in [0.3, 0.4) is 0 Å². The van der Waals surface area contributed by atoms with Crippen LogP contribution in [0.2, 0.25) is 0 Å². The van der Waals surface area contributed by atoms with Crippen molar-refractivity contribution in [2.45, 2.75) is 50.6 Å². The number of aromatic amines is 1. The van der Waals surface area contributed by atoms with Crippen molar-refractivity contribution in [2.75, 3.05) is 13.1 Å². The number of rotatable bonds is 8. The third-order valence-electron chi connectivity index (χ3n) is 7.21. The molecular weight excluding hydrogens is 463 g/mol. The van der Waals surface area contributed by atoms with Crippen molar-refractivity contribution in [3.8, 4) is 0 Å². The molecule has 9 heteroatoms. The second kappa shape index (κ2) is 10.1. The number of aromatic nitrogens is 1. The summed E-state index contributed by atoms with van der Waals surface area (Å²) in [6, 6.07) is 12.9. The molecule has 2 aliphatic heterocycles. The number of nitrogens with one attached hydrogen (secondary N) is 2. The first-order valence-electron chi connectivity index (χ1n) is 12.4. The van der Waals surface area contributed by atoms with Gasteiger partial charge in [0.1, 0.15) is 11.9 Å². The average molecular weight is 493 g/mol. The Balaban J connectivity index is 1.39. The minimum absolute atomic E-state index is 0.0103. The Morgan fingerprint density at radius 2 is 1.89 bits per heavy atom. The summed E-state index contributed by atoms with van der Waals surface area (Å²) in [4.78, 5) is 44.9. The molecule has 0 bridgehead atoms. The predicted octanol–water partition coefficient (Wildman–Crippen LogP) is 3.45. The SMILES string of the molecule is O=C(CCCCCCN1CC(=O)N2[C@@H](c3cccc(F)c3)c3[nH]c4ccccc4c3C[C@H]2C1=O)NO. The van der Waals surface area contributed by atoms with Gasteiger partial charge in [-0.15, -0.1) is 0 Å². The highest BCUT2D eigenvalue weighted by Gasteiger charge is 2.48. The van der Waals surface area contributed by atoms with Crippen molar-refractivity contribution < 1.29 is 24.0 Å². The van der Waals surface area contributed by atoms with Gasteiger partial charge in [0.25, 0.3) is 0 Å². The van der Waals surface area contributed by atoms with Crippen LogP contribution in [0.25, 0.3) is 10.9 Å². The standard InChI is InChI=1S/C27H29FN4O4/c28-18-9-7-8-17(14-18)26-25-20(19-10-4-5-11-21(19)29-25)15-22-27(35)31(16-24(34)32(22)26)13-6-2-1-3-12-23(33)30-36/h4-5,7-11,14,22,26,29,36H,1-3,6,12-13,15-16H2,(H,30,33)/t22-,26-/m0/s1. The summed E-state index contributed by atoms with van der Waals surface area (Å²) in [7, 11) is 0. The van der Waals surface area contributed by atoms with Gasteiger partial charge >= 0.3 is 0 Å². The molecule has 36 heavy (non-hydrogen) atoms. The fourth-order valence-corrected chi connectivity index (χ4v) is 5.53. The lowest BCUT2D eigenvalue weighted by atomic mass is 9.86. The molecule has 3 heterocycles. The summed E-state index contributed by atoms with van der Waals surface area (Å²) >= 11 is 0. The predicted molar refractivity (Wildman–Crippen MR) is 130 cm³/mol. The Bertz CT molecular complexity index is 1310. The van der Waals surface area contributed by atoms with Crippen LogP contribution in [0.5, 0.6) is 0 Å². The van der Waals surface area contributed by atoms with E-state index in [0.717, 1.165) is 41.4 Å². The third kappa shape index (κ3) is 4.46. The molecule has 5 rings (SSSR count). The molecule has 2 atom stereocenters. The number of para-hydroxylation sites is 1. The van der Waals surface area contributed by atoms with Gasteiger partial charge < -0.3 is 14.8 Å². The third-order valence-corrected chi connectivity index (χ3v) is 7.21. The van der Waals surface area contributed by atoms with E-state index in [9.17, 15) is 18.8 Å². The largest absolute Gasteiger partial charge is 0.356 e. The first kappa shape index (κ1) is 24.0. The van der Waals surface area contributed by atoms with Gasteiger partial charge in [0.15, 0.2) is 0 Å². The maximum absolute atomic E-state index is 14.2. The number of H-pyrrole nitrogens is 1. The summed E-state index contributed by atoms with van der Waals surface area (Å²) < 4.78 is 14.2. The monoisotopic (exact) mass is 492 g/mol. The van der Waals surface area contributed by atoms with Crippen molar-refractivity contribution in [1.82, 2.24) is 20.3 Å². The number of piperazine rings is 1. The molecule has 1 fully saturated rings. The van der Waals surface area contributed by atoms with Gasteiger partial charge in [0.05, 0.1) is 12.6 Å². The number of benzene rings is 2. The van der Waals surface area contributed by atoms with Crippen molar-refractivity contribution in [3.05, 3.63) is 71.2 Å². The number of carbonyl (C=O) groups excluding carboxylic acids is 3. The van der Waals surface area contributed by atoms with Crippen molar-refractivity contribution in [1.29, 1.82) is 0 Å². The number of unbranched alkanes of at least 4 members (excludes halogenated alkanes) is 3. The fourth-order valence-electron chi connectivity index (χ4n) is 5.53. The van der Waals surface area contributed by atoms with Crippen LogP contribution in [0, 0.1) is 5.82 Å².